The number of oxime groups is 1. The van der Waals surface area contributed by atoms with E-state index in [1.54, 1.807) is 42.5 Å². The molecule has 0 radical (unpaired) electrons. The summed E-state index contributed by atoms with van der Waals surface area (Å²) in [6.45, 7) is 0.104. The van der Waals surface area contributed by atoms with Crippen LogP contribution in [0.3, 0.4) is 0 Å². The molecule has 4 rings (SSSR count). The molecule has 0 saturated heterocycles. The van der Waals surface area contributed by atoms with Crippen molar-refractivity contribution in [2.75, 3.05) is 4.90 Å². The Morgan fingerprint density at radius 2 is 1.76 bits per heavy atom. The number of anilines is 1. The molecule has 168 valence electrons. The van der Waals surface area contributed by atoms with Crippen LogP contribution in [0.4, 0.5) is 18.9 Å². The standard InChI is InChI=1S/C23H13Cl2F3N2O3/c24-16-9-8-14(18(25)11-16)12-30-19-7-2-1-6-17(19)20(21(30)31)29-33-22(32)13-4-3-5-15(10-13)23(26,27)28/h1-11H,12H2/b29-20-. The number of nitrogens with zero attached hydrogens (tertiary/aromatic N) is 2. The lowest BCUT2D eigenvalue weighted by Crippen LogP contribution is -2.30. The molecular weight excluding hydrogens is 480 g/mol. The maximum absolute atomic E-state index is 13.1. The van der Waals surface area contributed by atoms with E-state index in [2.05, 4.69) is 5.16 Å². The zero-order valence-electron chi connectivity index (χ0n) is 16.6. The van der Waals surface area contributed by atoms with Crippen molar-refractivity contribution in [2.24, 2.45) is 5.16 Å². The molecule has 10 heteroatoms. The van der Waals surface area contributed by atoms with Crippen molar-refractivity contribution < 1.29 is 27.6 Å². The van der Waals surface area contributed by atoms with Gasteiger partial charge in [-0.05, 0) is 42.0 Å². The smallest absolute Gasteiger partial charge is 0.312 e. The van der Waals surface area contributed by atoms with Gasteiger partial charge < -0.3 is 9.74 Å². The summed E-state index contributed by atoms with van der Waals surface area (Å²) in [5.74, 6) is -1.68. The van der Waals surface area contributed by atoms with Gasteiger partial charge in [-0.1, -0.05) is 58.7 Å². The Morgan fingerprint density at radius 3 is 2.48 bits per heavy atom. The highest BCUT2D eigenvalue weighted by Gasteiger charge is 2.35. The average molecular weight is 493 g/mol. The highest BCUT2D eigenvalue weighted by Crippen LogP contribution is 2.33. The van der Waals surface area contributed by atoms with Gasteiger partial charge >= 0.3 is 12.1 Å². The zero-order valence-corrected chi connectivity index (χ0v) is 18.1. The summed E-state index contributed by atoms with van der Waals surface area (Å²) in [6.07, 6.45) is -4.62. The molecule has 0 atom stereocenters. The van der Waals surface area contributed by atoms with Crippen LogP contribution in [0.25, 0.3) is 0 Å². The van der Waals surface area contributed by atoms with Crippen LogP contribution in [0.1, 0.15) is 27.0 Å². The molecule has 3 aromatic rings. The van der Waals surface area contributed by atoms with Gasteiger partial charge in [0, 0.05) is 15.6 Å². The van der Waals surface area contributed by atoms with Crippen LogP contribution >= 0.6 is 23.2 Å². The molecule has 5 nitrogen and oxygen atoms in total. The van der Waals surface area contributed by atoms with Gasteiger partial charge in [-0.2, -0.15) is 13.2 Å². The first-order valence-corrected chi connectivity index (χ1v) is 10.2. The van der Waals surface area contributed by atoms with E-state index in [0.29, 0.717) is 32.9 Å². The van der Waals surface area contributed by atoms with Gasteiger partial charge in [0.25, 0.3) is 5.91 Å². The normalized spacial score (nSPS) is 14.5. The van der Waals surface area contributed by atoms with Crippen LogP contribution in [0.5, 0.6) is 0 Å². The Morgan fingerprint density at radius 1 is 1.00 bits per heavy atom. The summed E-state index contributed by atoms with van der Waals surface area (Å²) in [6, 6.07) is 15.3. The SMILES string of the molecule is O=C(O/N=C1\C(=O)N(Cc2ccc(Cl)cc2Cl)c2ccccc21)c1cccc(C(F)(F)F)c1. The quantitative estimate of drug-likeness (QED) is 0.325. The molecule has 0 aliphatic carbocycles. The summed E-state index contributed by atoms with van der Waals surface area (Å²) in [7, 11) is 0. The van der Waals surface area contributed by atoms with Gasteiger partial charge in [-0.25, -0.2) is 4.79 Å². The number of benzene rings is 3. The maximum atomic E-state index is 13.1. The highest BCUT2D eigenvalue weighted by atomic mass is 35.5. The first-order valence-electron chi connectivity index (χ1n) is 9.47. The minimum Gasteiger partial charge on any atom is -0.312 e. The lowest BCUT2D eigenvalue weighted by atomic mass is 10.1. The molecule has 1 aliphatic heterocycles. The number of rotatable bonds is 4. The van der Waals surface area contributed by atoms with Crippen molar-refractivity contribution in [3.05, 3.63) is 99.0 Å². The Bertz CT molecular complexity index is 1290. The van der Waals surface area contributed by atoms with Crippen molar-refractivity contribution in [1.29, 1.82) is 0 Å². The number of hydrogen-bond acceptors (Lipinski definition) is 4. The molecule has 1 amide bonds. The Hall–Kier alpha value is -3.36. The molecule has 1 aliphatic rings. The maximum Gasteiger partial charge on any atom is 0.416 e. The average Bonchev–Trinajstić information content (AvgIpc) is 3.04. The van der Waals surface area contributed by atoms with E-state index in [0.717, 1.165) is 18.2 Å². The van der Waals surface area contributed by atoms with E-state index < -0.39 is 23.6 Å². The van der Waals surface area contributed by atoms with Gasteiger partial charge in [0.05, 0.1) is 23.4 Å². The largest absolute Gasteiger partial charge is 0.416 e. The molecule has 0 saturated carbocycles. The van der Waals surface area contributed by atoms with E-state index in [1.165, 1.54) is 4.90 Å². The van der Waals surface area contributed by atoms with Crippen molar-refractivity contribution in [1.82, 2.24) is 0 Å². The van der Waals surface area contributed by atoms with Crippen molar-refractivity contribution in [3.63, 3.8) is 0 Å². The lowest BCUT2D eigenvalue weighted by Gasteiger charge is -2.17. The molecule has 33 heavy (non-hydrogen) atoms. The Kier molecular flexibility index (Phi) is 6.14. The van der Waals surface area contributed by atoms with Crippen LogP contribution in [-0.2, 0) is 22.4 Å². The van der Waals surface area contributed by atoms with Crippen LogP contribution in [-0.4, -0.2) is 17.6 Å². The fourth-order valence-electron chi connectivity index (χ4n) is 3.29. The van der Waals surface area contributed by atoms with Gasteiger partial charge in [-0.3, -0.25) is 4.79 Å². The fraction of sp³-hybridized carbons (Fsp3) is 0.0870. The van der Waals surface area contributed by atoms with E-state index in [-0.39, 0.29) is 17.8 Å². The van der Waals surface area contributed by atoms with E-state index in [4.69, 9.17) is 28.0 Å². The number of carbonyl (C=O) groups excluding carboxylic acids is 2. The number of hydrogen-bond donors (Lipinski definition) is 0. The number of alkyl halides is 3. The van der Waals surface area contributed by atoms with Crippen molar-refractivity contribution in [3.8, 4) is 0 Å². The number of carbonyl (C=O) groups is 2. The second-order valence-corrected chi connectivity index (χ2v) is 7.89. The van der Waals surface area contributed by atoms with Crippen molar-refractivity contribution >= 4 is 46.5 Å². The van der Waals surface area contributed by atoms with E-state index in [9.17, 15) is 22.8 Å². The summed E-state index contributed by atoms with van der Waals surface area (Å²) >= 11 is 12.2. The molecule has 0 bridgehead atoms. The predicted octanol–water partition coefficient (Wildman–Crippen LogP) is 6.12. The first kappa shape index (κ1) is 22.8. The molecule has 0 N–H and O–H groups in total. The van der Waals surface area contributed by atoms with Crippen LogP contribution in [0, 0.1) is 0 Å². The molecule has 0 aromatic heterocycles. The summed E-state index contributed by atoms with van der Waals surface area (Å²) in [5, 5.41) is 4.50. The van der Waals surface area contributed by atoms with Gasteiger partial charge in [0.15, 0.2) is 5.71 Å². The number of fused-ring (bicyclic) bond motifs is 1. The van der Waals surface area contributed by atoms with E-state index in [1.807, 2.05) is 0 Å². The molecule has 0 fully saturated rings. The Labute approximate surface area is 196 Å². The van der Waals surface area contributed by atoms with Gasteiger partial charge in [-0.15, -0.1) is 0 Å². The third-order valence-corrected chi connectivity index (χ3v) is 5.47. The van der Waals surface area contributed by atoms with Crippen LogP contribution in [0.2, 0.25) is 10.0 Å². The fourth-order valence-corrected chi connectivity index (χ4v) is 3.76. The number of halogens is 5. The van der Waals surface area contributed by atoms with E-state index >= 15 is 0 Å². The lowest BCUT2D eigenvalue weighted by molar-refractivity contribution is -0.137. The van der Waals surface area contributed by atoms with Gasteiger partial charge in [0.1, 0.15) is 0 Å². The number of amides is 1. The monoisotopic (exact) mass is 492 g/mol. The number of para-hydroxylation sites is 1. The zero-order chi connectivity index (χ0) is 23.8. The Balaban J connectivity index is 1.61. The summed E-state index contributed by atoms with van der Waals surface area (Å²) in [4.78, 5) is 31.6. The molecule has 0 unspecified atom stereocenters. The first-order chi connectivity index (χ1) is 15.6. The third-order valence-electron chi connectivity index (χ3n) is 4.89. The molecule has 1 heterocycles. The second-order valence-electron chi connectivity index (χ2n) is 7.04. The van der Waals surface area contributed by atoms with Crippen molar-refractivity contribution in [2.45, 2.75) is 12.7 Å². The minimum atomic E-state index is -4.62. The molecule has 0 spiro atoms. The molecular formula is C23H13Cl2F3N2O3. The predicted molar refractivity (Wildman–Crippen MR) is 117 cm³/mol. The third kappa shape index (κ3) is 4.72. The van der Waals surface area contributed by atoms with Crippen LogP contribution in [0.15, 0.2) is 71.9 Å². The summed E-state index contributed by atoms with van der Waals surface area (Å²) in [5.41, 5.74) is 0.0462. The highest BCUT2D eigenvalue weighted by molar-refractivity contribution is 6.54. The topological polar surface area (TPSA) is 59.0 Å². The van der Waals surface area contributed by atoms with Crippen LogP contribution < -0.4 is 4.90 Å². The molecule has 3 aromatic carbocycles. The van der Waals surface area contributed by atoms with Gasteiger partial charge in [0.2, 0.25) is 0 Å². The minimum absolute atomic E-state index is 0.104. The second kappa shape index (κ2) is 8.88. The summed E-state index contributed by atoms with van der Waals surface area (Å²) < 4.78 is 38.7.